The summed E-state index contributed by atoms with van der Waals surface area (Å²) in [5, 5.41) is 13.0. The van der Waals surface area contributed by atoms with Crippen LogP contribution < -0.4 is 9.64 Å². The van der Waals surface area contributed by atoms with Crippen LogP contribution in [0.3, 0.4) is 0 Å². The van der Waals surface area contributed by atoms with Gasteiger partial charge in [-0.05, 0) is 47.6 Å². The molecule has 0 bridgehead atoms. The predicted molar refractivity (Wildman–Crippen MR) is 182 cm³/mol. The summed E-state index contributed by atoms with van der Waals surface area (Å²) in [6.45, 7) is 8.42. The fraction of sp³-hybridized carbons (Fsp3) is 0.514. The van der Waals surface area contributed by atoms with Gasteiger partial charge in [0.15, 0.2) is 11.5 Å². The van der Waals surface area contributed by atoms with Crippen molar-refractivity contribution in [1.82, 2.24) is 19.6 Å². The number of imide groups is 1. The number of nitrogens with zero attached hydrogens (tertiary/aromatic N) is 5. The second-order valence-corrected chi connectivity index (χ2v) is 13.7. The summed E-state index contributed by atoms with van der Waals surface area (Å²) >= 11 is 0. The van der Waals surface area contributed by atoms with Crippen LogP contribution in [0.25, 0.3) is 10.8 Å². The lowest BCUT2D eigenvalue weighted by atomic mass is 9.87. The topological polar surface area (TPSA) is 89.0 Å². The molecule has 1 spiro atoms. The molecule has 3 amide bonds. The summed E-state index contributed by atoms with van der Waals surface area (Å²) in [6.07, 6.45) is 2.69. The molecule has 1 N–H and O–H groups in total. The van der Waals surface area contributed by atoms with Crippen LogP contribution in [0, 0.1) is 5.92 Å². The maximum absolute atomic E-state index is 14.6. The lowest BCUT2D eigenvalue weighted by Crippen LogP contribution is -2.51. The quantitative estimate of drug-likeness (QED) is 0.238. The van der Waals surface area contributed by atoms with E-state index in [0.717, 1.165) is 59.9 Å². The first-order chi connectivity index (χ1) is 22.8. The van der Waals surface area contributed by atoms with Crippen LogP contribution in [0.5, 0.6) is 11.5 Å². The predicted octanol–water partition coefficient (Wildman–Crippen LogP) is 4.70. The molecule has 4 saturated heterocycles. The molecule has 10 heteroatoms. The lowest BCUT2D eigenvalue weighted by Gasteiger charge is -2.32. The number of benzene rings is 3. The fourth-order valence-electron chi connectivity index (χ4n) is 8.30. The van der Waals surface area contributed by atoms with Gasteiger partial charge in [-0.1, -0.05) is 49.7 Å². The Labute approximate surface area is 277 Å². The van der Waals surface area contributed by atoms with Crippen molar-refractivity contribution in [2.24, 2.45) is 5.92 Å². The number of carbonyl (C=O) groups excluding carboxylic acids is 2. The third-order valence-corrected chi connectivity index (χ3v) is 10.6. The zero-order chi connectivity index (χ0) is 32.7. The van der Waals surface area contributed by atoms with Crippen LogP contribution >= 0.6 is 0 Å². The molecule has 3 atom stereocenters. The third-order valence-electron chi connectivity index (χ3n) is 10.6. The van der Waals surface area contributed by atoms with E-state index in [1.165, 1.54) is 4.90 Å². The highest BCUT2D eigenvalue weighted by molar-refractivity contribution is 6.09. The van der Waals surface area contributed by atoms with E-state index in [4.69, 9.17) is 9.47 Å². The van der Waals surface area contributed by atoms with E-state index < -0.39 is 5.54 Å². The molecule has 3 aromatic rings. The molecule has 3 aromatic carbocycles. The van der Waals surface area contributed by atoms with Crippen LogP contribution in [0.4, 0.5) is 10.5 Å². The van der Waals surface area contributed by atoms with Crippen molar-refractivity contribution in [2.75, 3.05) is 78.1 Å². The Morgan fingerprint density at radius 2 is 1.79 bits per heavy atom. The number of rotatable bonds is 11. The van der Waals surface area contributed by atoms with Gasteiger partial charge >= 0.3 is 6.03 Å². The molecule has 4 heterocycles. The van der Waals surface area contributed by atoms with Gasteiger partial charge in [0.2, 0.25) is 0 Å². The van der Waals surface area contributed by atoms with Crippen LogP contribution in [-0.4, -0.2) is 115 Å². The number of phenols is 1. The number of amides is 3. The molecule has 4 fully saturated rings. The molecule has 7 rings (SSSR count). The molecule has 4 aliphatic heterocycles. The number of urea groups is 1. The number of anilines is 1. The Balaban J connectivity index is 1.19. The average molecular weight is 642 g/mol. The van der Waals surface area contributed by atoms with Gasteiger partial charge in [0.1, 0.15) is 5.54 Å². The van der Waals surface area contributed by atoms with E-state index in [1.807, 2.05) is 31.1 Å². The number of unbranched alkanes of at least 4 members (excludes halogenated alkanes) is 1. The zero-order valence-corrected chi connectivity index (χ0v) is 27.9. The summed E-state index contributed by atoms with van der Waals surface area (Å²) in [4.78, 5) is 39.2. The highest BCUT2D eigenvalue weighted by Crippen LogP contribution is 2.56. The van der Waals surface area contributed by atoms with E-state index in [9.17, 15) is 14.7 Å². The summed E-state index contributed by atoms with van der Waals surface area (Å²) in [5.41, 5.74) is 2.27. The van der Waals surface area contributed by atoms with Gasteiger partial charge in [0, 0.05) is 76.9 Å². The van der Waals surface area contributed by atoms with Crippen LogP contribution in [-0.2, 0) is 16.1 Å². The summed E-state index contributed by atoms with van der Waals surface area (Å²) in [5.74, 6) is 0.553. The van der Waals surface area contributed by atoms with Crippen LogP contribution in [0.15, 0.2) is 54.6 Å². The largest absolute Gasteiger partial charge is 0.504 e. The van der Waals surface area contributed by atoms with Crippen LogP contribution in [0.2, 0.25) is 0 Å². The number of fused-ring (bicyclic) bond motifs is 1. The Kier molecular flexibility index (Phi) is 8.76. The molecule has 0 aliphatic carbocycles. The van der Waals surface area contributed by atoms with Crippen molar-refractivity contribution >= 4 is 28.4 Å². The van der Waals surface area contributed by atoms with Gasteiger partial charge in [0.05, 0.1) is 25.9 Å². The monoisotopic (exact) mass is 641 g/mol. The van der Waals surface area contributed by atoms with Crippen molar-refractivity contribution in [1.29, 1.82) is 0 Å². The number of hydrogen-bond donors (Lipinski definition) is 1. The Bertz CT molecular complexity index is 1640. The van der Waals surface area contributed by atoms with Gasteiger partial charge in [0.25, 0.3) is 5.91 Å². The summed E-state index contributed by atoms with van der Waals surface area (Å²) < 4.78 is 11.3. The number of aromatic hydroxyl groups is 1. The van der Waals surface area contributed by atoms with Gasteiger partial charge < -0.3 is 24.4 Å². The third kappa shape index (κ3) is 5.60. The van der Waals surface area contributed by atoms with Gasteiger partial charge in [-0.15, -0.1) is 0 Å². The smallest absolute Gasteiger partial charge is 0.328 e. The van der Waals surface area contributed by atoms with Crippen molar-refractivity contribution in [3.63, 3.8) is 0 Å². The van der Waals surface area contributed by atoms with E-state index in [1.54, 1.807) is 6.07 Å². The molecule has 4 aliphatic rings. The fourth-order valence-corrected chi connectivity index (χ4v) is 8.30. The highest BCUT2D eigenvalue weighted by Gasteiger charge is 2.70. The van der Waals surface area contributed by atoms with Crippen molar-refractivity contribution in [2.45, 2.75) is 44.3 Å². The highest BCUT2D eigenvalue weighted by atomic mass is 16.5. The molecule has 0 radical (unpaired) electrons. The minimum Gasteiger partial charge on any atom is -0.504 e. The first-order valence-electron chi connectivity index (χ1n) is 17.1. The van der Waals surface area contributed by atoms with Crippen molar-refractivity contribution in [3.8, 4) is 11.5 Å². The van der Waals surface area contributed by atoms with E-state index in [-0.39, 0.29) is 29.6 Å². The molecular weight excluding hydrogens is 594 g/mol. The van der Waals surface area contributed by atoms with Crippen molar-refractivity contribution in [3.05, 3.63) is 65.7 Å². The first kappa shape index (κ1) is 31.7. The number of morpholine rings is 1. The number of carbonyl (C=O) groups is 2. The SMILES string of the molecule is CCCCOc1ccc(CN2CC3CC(c4ccc(N(C)C)c5ccccc45)N4C(=O)N(CCN5CCOCC5)C(=O)C34C2)cc1O. The number of hydrogen-bond acceptors (Lipinski definition) is 8. The zero-order valence-electron chi connectivity index (χ0n) is 27.9. The average Bonchev–Trinajstić information content (AvgIpc) is 3.65. The maximum Gasteiger partial charge on any atom is 0.328 e. The molecule has 0 saturated carbocycles. The second-order valence-electron chi connectivity index (χ2n) is 13.7. The summed E-state index contributed by atoms with van der Waals surface area (Å²) in [7, 11) is 4.10. The molecule has 0 aromatic heterocycles. The number of phenolic OH excluding ortho intramolecular Hbond substituents is 1. The minimum atomic E-state index is -0.917. The van der Waals surface area contributed by atoms with Gasteiger partial charge in [-0.3, -0.25) is 19.5 Å². The Hall–Kier alpha value is -3.86. The second kappa shape index (κ2) is 13.0. The van der Waals surface area contributed by atoms with Gasteiger partial charge in [-0.25, -0.2) is 4.79 Å². The van der Waals surface area contributed by atoms with E-state index in [2.05, 4.69) is 58.0 Å². The van der Waals surface area contributed by atoms with E-state index >= 15 is 0 Å². The minimum absolute atomic E-state index is 0.00475. The number of likely N-dealkylation sites (tertiary alicyclic amines) is 1. The Morgan fingerprint density at radius 1 is 1.00 bits per heavy atom. The molecular formula is C37H47N5O5. The molecule has 10 nitrogen and oxygen atoms in total. The van der Waals surface area contributed by atoms with E-state index in [0.29, 0.717) is 58.3 Å². The standard InChI is InChI=1S/C37H47N5O5/c1-4-5-18-47-34-13-10-26(21-33(34)43)23-40-24-27-22-32(30-11-12-31(38(2)3)29-9-7-6-8-28(29)30)42-36(45)41(35(44)37(27,42)25-40)15-14-39-16-19-46-20-17-39/h6-13,21,27,32,43H,4-5,14-20,22-25H2,1-3H3. The molecule has 3 unspecified atom stereocenters. The normalized spacial score (nSPS) is 24.7. The summed E-state index contributed by atoms with van der Waals surface area (Å²) in [6, 6.07) is 17.9. The van der Waals surface area contributed by atoms with Crippen LogP contribution in [0.1, 0.15) is 43.4 Å². The first-order valence-corrected chi connectivity index (χ1v) is 17.1. The Morgan fingerprint density at radius 3 is 2.53 bits per heavy atom. The van der Waals surface area contributed by atoms with Gasteiger partial charge in [-0.2, -0.15) is 0 Å². The van der Waals surface area contributed by atoms with Crippen molar-refractivity contribution < 1.29 is 24.2 Å². The molecule has 47 heavy (non-hydrogen) atoms. The lowest BCUT2D eigenvalue weighted by molar-refractivity contribution is -0.133. The maximum atomic E-state index is 14.6. The number of ether oxygens (including phenoxy) is 2. The molecule has 250 valence electrons.